The van der Waals surface area contributed by atoms with Crippen LogP contribution in [0.15, 0.2) is 18.2 Å². The molecule has 1 N–H and O–H groups in total. The van der Waals surface area contributed by atoms with Crippen molar-refractivity contribution < 1.29 is 13.9 Å². The minimum absolute atomic E-state index is 0.140. The first-order chi connectivity index (χ1) is 10.2. The van der Waals surface area contributed by atoms with Crippen LogP contribution in [-0.4, -0.2) is 44.6 Å². The number of nitrogens with one attached hydrogen (secondary N) is 1. The Balaban J connectivity index is 2.00. The fraction of sp³-hybridized carbons (Fsp3) is 0.562. The van der Waals surface area contributed by atoms with E-state index < -0.39 is 5.82 Å². The highest BCUT2D eigenvalue weighted by Gasteiger charge is 2.25. The van der Waals surface area contributed by atoms with Crippen LogP contribution in [0.1, 0.15) is 29.6 Å². The van der Waals surface area contributed by atoms with E-state index in [1.54, 1.807) is 4.90 Å². The van der Waals surface area contributed by atoms with Crippen molar-refractivity contribution in [2.45, 2.75) is 19.3 Å². The van der Waals surface area contributed by atoms with Gasteiger partial charge in [0.05, 0.1) is 12.7 Å². The van der Waals surface area contributed by atoms with Gasteiger partial charge in [0.15, 0.2) is 0 Å². The molecular weight excluding hydrogens is 271 g/mol. The predicted molar refractivity (Wildman–Crippen MR) is 80.1 cm³/mol. The van der Waals surface area contributed by atoms with Gasteiger partial charge in [0.25, 0.3) is 5.91 Å². The van der Waals surface area contributed by atoms with Crippen molar-refractivity contribution in [2.24, 2.45) is 5.92 Å². The molecule has 5 heteroatoms. The van der Waals surface area contributed by atoms with Gasteiger partial charge in [0.2, 0.25) is 0 Å². The van der Waals surface area contributed by atoms with E-state index in [0.29, 0.717) is 17.2 Å². The molecule has 0 radical (unpaired) electrons. The highest BCUT2D eigenvalue weighted by atomic mass is 19.1. The molecule has 0 unspecified atom stereocenters. The summed E-state index contributed by atoms with van der Waals surface area (Å²) in [6.45, 7) is 2.47. The van der Waals surface area contributed by atoms with Gasteiger partial charge in [0.1, 0.15) is 11.6 Å². The highest BCUT2D eigenvalue weighted by molar-refractivity contribution is 5.97. The molecule has 1 aromatic rings. The molecule has 0 saturated carbocycles. The minimum Gasteiger partial charge on any atom is -0.496 e. The molecule has 0 spiro atoms. The van der Waals surface area contributed by atoms with Crippen LogP contribution in [-0.2, 0) is 0 Å². The lowest BCUT2D eigenvalue weighted by Gasteiger charge is -2.32. The lowest BCUT2D eigenvalue weighted by Crippen LogP contribution is -2.39. The molecule has 4 nitrogen and oxygen atoms in total. The monoisotopic (exact) mass is 294 g/mol. The minimum atomic E-state index is -0.414. The molecule has 1 aliphatic rings. The largest absolute Gasteiger partial charge is 0.496 e. The number of hydrogen-bond donors (Lipinski definition) is 1. The predicted octanol–water partition coefficient (Wildman–Crippen LogP) is 2.30. The van der Waals surface area contributed by atoms with Gasteiger partial charge in [0, 0.05) is 13.1 Å². The number of nitrogens with zero attached hydrogens (tertiary/aromatic N) is 1. The summed E-state index contributed by atoms with van der Waals surface area (Å²) in [5.41, 5.74) is 0.311. The molecule has 0 aromatic heterocycles. The van der Waals surface area contributed by atoms with Gasteiger partial charge in [-0.2, -0.15) is 0 Å². The van der Waals surface area contributed by atoms with Gasteiger partial charge in [-0.25, -0.2) is 4.39 Å². The van der Waals surface area contributed by atoms with Gasteiger partial charge in [-0.05, 0) is 57.0 Å². The van der Waals surface area contributed by atoms with E-state index >= 15 is 0 Å². The van der Waals surface area contributed by atoms with Crippen LogP contribution in [0.4, 0.5) is 4.39 Å². The van der Waals surface area contributed by atoms with Crippen LogP contribution in [0.25, 0.3) is 0 Å². The fourth-order valence-electron chi connectivity index (χ4n) is 2.79. The Labute approximate surface area is 125 Å². The Morgan fingerprint density at radius 3 is 2.76 bits per heavy atom. The molecule has 1 amide bonds. The molecule has 0 aliphatic carbocycles. The maximum Gasteiger partial charge on any atom is 0.257 e. The van der Waals surface area contributed by atoms with Gasteiger partial charge in [-0.1, -0.05) is 0 Å². The molecule has 2 rings (SSSR count). The highest BCUT2D eigenvalue weighted by Crippen LogP contribution is 2.25. The number of methoxy groups -OCH3 is 1. The third-order valence-electron chi connectivity index (χ3n) is 4.10. The normalized spacial score (nSPS) is 16.0. The molecule has 1 aromatic carbocycles. The Hall–Kier alpha value is -1.62. The average molecular weight is 294 g/mol. The molecule has 116 valence electrons. The third kappa shape index (κ3) is 3.94. The average Bonchev–Trinajstić information content (AvgIpc) is 2.52. The van der Waals surface area contributed by atoms with E-state index in [9.17, 15) is 9.18 Å². The number of rotatable bonds is 5. The van der Waals surface area contributed by atoms with Crippen molar-refractivity contribution in [1.29, 1.82) is 0 Å². The summed E-state index contributed by atoms with van der Waals surface area (Å²) in [5.74, 6) is 0.538. The van der Waals surface area contributed by atoms with E-state index in [1.807, 2.05) is 7.05 Å². The van der Waals surface area contributed by atoms with Crippen LogP contribution < -0.4 is 10.1 Å². The number of halogens is 1. The summed E-state index contributed by atoms with van der Waals surface area (Å²) in [6, 6.07) is 4.07. The quantitative estimate of drug-likeness (QED) is 0.906. The van der Waals surface area contributed by atoms with Crippen molar-refractivity contribution in [3.63, 3.8) is 0 Å². The number of piperidine rings is 1. The zero-order valence-corrected chi connectivity index (χ0v) is 12.7. The topological polar surface area (TPSA) is 41.6 Å². The zero-order valence-electron chi connectivity index (χ0n) is 12.7. The van der Waals surface area contributed by atoms with Crippen molar-refractivity contribution in [1.82, 2.24) is 10.2 Å². The Morgan fingerprint density at radius 1 is 1.43 bits per heavy atom. The number of hydrogen-bond acceptors (Lipinski definition) is 3. The number of likely N-dealkylation sites (tertiary alicyclic amines) is 1. The Bertz CT molecular complexity index is 485. The second-order valence-electron chi connectivity index (χ2n) is 5.47. The number of carbonyl (C=O) groups is 1. The molecule has 1 aliphatic heterocycles. The third-order valence-corrected chi connectivity index (χ3v) is 4.10. The summed E-state index contributed by atoms with van der Waals surface area (Å²) in [5, 5.41) is 3.16. The van der Waals surface area contributed by atoms with Crippen molar-refractivity contribution in [3.05, 3.63) is 29.6 Å². The lowest BCUT2D eigenvalue weighted by molar-refractivity contribution is 0.0683. The lowest BCUT2D eigenvalue weighted by atomic mass is 9.93. The summed E-state index contributed by atoms with van der Waals surface area (Å²) in [7, 11) is 3.45. The van der Waals surface area contributed by atoms with Crippen LogP contribution >= 0.6 is 0 Å². The van der Waals surface area contributed by atoms with Crippen molar-refractivity contribution >= 4 is 5.91 Å². The molecular formula is C16H23FN2O2. The second-order valence-corrected chi connectivity index (χ2v) is 5.47. The second kappa shape index (κ2) is 7.41. The molecule has 0 atom stereocenters. The first kappa shape index (κ1) is 15.8. The summed E-state index contributed by atoms with van der Waals surface area (Å²) < 4.78 is 18.5. The number of carbonyl (C=O) groups excluding carboxylic acids is 1. The number of amides is 1. The smallest absolute Gasteiger partial charge is 0.257 e. The molecule has 0 bridgehead atoms. The van der Waals surface area contributed by atoms with Crippen LogP contribution in [0.3, 0.4) is 0 Å². The van der Waals surface area contributed by atoms with Crippen LogP contribution in [0.2, 0.25) is 0 Å². The number of benzene rings is 1. The Morgan fingerprint density at radius 2 is 2.14 bits per heavy atom. The first-order valence-corrected chi connectivity index (χ1v) is 7.43. The molecule has 1 saturated heterocycles. The van der Waals surface area contributed by atoms with Gasteiger partial charge >= 0.3 is 0 Å². The van der Waals surface area contributed by atoms with Crippen LogP contribution in [0, 0.1) is 11.7 Å². The van der Waals surface area contributed by atoms with E-state index in [-0.39, 0.29) is 5.91 Å². The SMILES string of the molecule is CNCCC1CCN(C(=O)c2cc(F)ccc2OC)CC1. The van der Waals surface area contributed by atoms with Gasteiger partial charge in [-0.3, -0.25) is 4.79 Å². The van der Waals surface area contributed by atoms with Crippen LogP contribution in [0.5, 0.6) is 5.75 Å². The summed E-state index contributed by atoms with van der Waals surface area (Å²) in [4.78, 5) is 14.3. The Kier molecular flexibility index (Phi) is 5.56. The van der Waals surface area contributed by atoms with E-state index in [1.165, 1.54) is 25.3 Å². The summed E-state index contributed by atoms with van der Waals surface area (Å²) >= 11 is 0. The van der Waals surface area contributed by atoms with Gasteiger partial charge < -0.3 is 15.0 Å². The molecule has 1 fully saturated rings. The standard InChI is InChI=1S/C16H23FN2O2/c1-18-8-5-12-6-9-19(10-7-12)16(20)14-11-13(17)3-4-15(14)21-2/h3-4,11-12,18H,5-10H2,1-2H3. The molecule has 21 heavy (non-hydrogen) atoms. The van der Waals surface area contributed by atoms with E-state index in [0.717, 1.165) is 38.9 Å². The maximum absolute atomic E-state index is 13.4. The van der Waals surface area contributed by atoms with E-state index in [2.05, 4.69) is 5.32 Å². The van der Waals surface area contributed by atoms with Gasteiger partial charge in [-0.15, -0.1) is 0 Å². The number of ether oxygens (including phenoxy) is 1. The summed E-state index contributed by atoms with van der Waals surface area (Å²) in [6.07, 6.45) is 3.15. The fourth-order valence-corrected chi connectivity index (χ4v) is 2.79. The molecule has 1 heterocycles. The first-order valence-electron chi connectivity index (χ1n) is 7.43. The van der Waals surface area contributed by atoms with Crippen molar-refractivity contribution in [3.8, 4) is 5.75 Å². The van der Waals surface area contributed by atoms with Crippen molar-refractivity contribution in [2.75, 3.05) is 33.8 Å². The van der Waals surface area contributed by atoms with E-state index in [4.69, 9.17) is 4.74 Å². The maximum atomic E-state index is 13.4. The zero-order chi connectivity index (χ0) is 15.2.